The van der Waals surface area contributed by atoms with E-state index in [0.717, 1.165) is 13.1 Å². The summed E-state index contributed by atoms with van der Waals surface area (Å²) >= 11 is 0. The summed E-state index contributed by atoms with van der Waals surface area (Å²) in [5, 5.41) is 8.80. The fourth-order valence-electron chi connectivity index (χ4n) is 1.81. The van der Waals surface area contributed by atoms with Crippen molar-refractivity contribution >= 4 is 12.0 Å². The second-order valence-electron chi connectivity index (χ2n) is 4.69. The molecule has 1 rings (SSSR count). The van der Waals surface area contributed by atoms with E-state index in [1.54, 1.807) is 18.9 Å². The van der Waals surface area contributed by atoms with E-state index < -0.39 is 11.9 Å². The number of carboxylic acid groups (broad SMARTS) is 1. The van der Waals surface area contributed by atoms with Crippen molar-refractivity contribution in [1.29, 1.82) is 0 Å². The number of hydrogen-bond acceptors (Lipinski definition) is 3. The molecule has 6 heteroatoms. The maximum atomic E-state index is 12.0. The Morgan fingerprint density at radius 3 is 2.29 bits per heavy atom. The van der Waals surface area contributed by atoms with Gasteiger partial charge in [0, 0.05) is 39.8 Å². The van der Waals surface area contributed by atoms with E-state index in [1.165, 1.54) is 4.90 Å². The maximum absolute atomic E-state index is 12.0. The van der Waals surface area contributed by atoms with Crippen molar-refractivity contribution in [2.45, 2.75) is 6.92 Å². The van der Waals surface area contributed by atoms with Crippen LogP contribution in [0.15, 0.2) is 0 Å². The Morgan fingerprint density at radius 2 is 1.82 bits per heavy atom. The van der Waals surface area contributed by atoms with Gasteiger partial charge in [0.05, 0.1) is 5.92 Å². The number of rotatable bonds is 3. The molecular formula is C11H21N3O3. The van der Waals surface area contributed by atoms with Gasteiger partial charge in [-0.3, -0.25) is 4.79 Å². The zero-order valence-corrected chi connectivity index (χ0v) is 10.7. The van der Waals surface area contributed by atoms with Crippen LogP contribution in [0.1, 0.15) is 6.92 Å². The molecule has 1 atom stereocenters. The van der Waals surface area contributed by atoms with Crippen LogP contribution >= 0.6 is 0 Å². The predicted molar refractivity (Wildman–Crippen MR) is 63.9 cm³/mol. The second-order valence-corrected chi connectivity index (χ2v) is 4.69. The van der Waals surface area contributed by atoms with Gasteiger partial charge in [0.2, 0.25) is 0 Å². The highest BCUT2D eigenvalue weighted by Crippen LogP contribution is 2.05. The van der Waals surface area contributed by atoms with E-state index in [1.807, 2.05) is 7.05 Å². The highest BCUT2D eigenvalue weighted by molar-refractivity contribution is 5.76. The summed E-state index contributed by atoms with van der Waals surface area (Å²) in [6.45, 7) is 5.01. The largest absolute Gasteiger partial charge is 0.481 e. The molecule has 0 saturated carbocycles. The first kappa shape index (κ1) is 13.8. The molecule has 0 radical (unpaired) electrons. The van der Waals surface area contributed by atoms with Gasteiger partial charge >= 0.3 is 12.0 Å². The van der Waals surface area contributed by atoms with Crippen LogP contribution in [0, 0.1) is 5.92 Å². The number of carbonyl (C=O) groups excluding carboxylic acids is 1. The highest BCUT2D eigenvalue weighted by Gasteiger charge is 2.24. The van der Waals surface area contributed by atoms with Crippen molar-refractivity contribution in [2.24, 2.45) is 5.92 Å². The van der Waals surface area contributed by atoms with Crippen LogP contribution in [0.3, 0.4) is 0 Å². The van der Waals surface area contributed by atoms with E-state index >= 15 is 0 Å². The molecule has 98 valence electrons. The highest BCUT2D eigenvalue weighted by atomic mass is 16.4. The van der Waals surface area contributed by atoms with E-state index in [2.05, 4.69) is 4.90 Å². The Hall–Kier alpha value is -1.30. The number of carboxylic acids is 1. The van der Waals surface area contributed by atoms with E-state index in [4.69, 9.17) is 5.11 Å². The first-order valence-corrected chi connectivity index (χ1v) is 5.83. The monoisotopic (exact) mass is 243 g/mol. The minimum atomic E-state index is -0.872. The third-order valence-electron chi connectivity index (χ3n) is 3.07. The molecule has 1 unspecified atom stereocenters. The molecule has 1 aliphatic heterocycles. The van der Waals surface area contributed by atoms with Gasteiger partial charge in [0.1, 0.15) is 0 Å². The zero-order chi connectivity index (χ0) is 13.0. The lowest BCUT2D eigenvalue weighted by Gasteiger charge is -2.35. The lowest BCUT2D eigenvalue weighted by Crippen LogP contribution is -2.51. The molecular weight excluding hydrogens is 222 g/mol. The molecule has 0 aromatic carbocycles. The first-order valence-electron chi connectivity index (χ1n) is 5.83. The van der Waals surface area contributed by atoms with Crippen LogP contribution in [-0.4, -0.2) is 78.6 Å². The number of amides is 2. The van der Waals surface area contributed by atoms with Gasteiger partial charge in [0.25, 0.3) is 0 Å². The predicted octanol–water partition coefficient (Wildman–Crippen LogP) is 0.00630. The molecule has 6 nitrogen and oxygen atoms in total. The average Bonchev–Trinajstić information content (AvgIpc) is 2.28. The van der Waals surface area contributed by atoms with E-state index in [-0.39, 0.29) is 12.6 Å². The summed E-state index contributed by atoms with van der Waals surface area (Å²) in [6, 6.07) is -0.0776. The van der Waals surface area contributed by atoms with Crippen LogP contribution in [0.5, 0.6) is 0 Å². The smallest absolute Gasteiger partial charge is 0.319 e. The van der Waals surface area contributed by atoms with Gasteiger partial charge < -0.3 is 19.8 Å². The molecule has 0 aromatic rings. The van der Waals surface area contributed by atoms with Crippen molar-refractivity contribution < 1.29 is 14.7 Å². The normalized spacial score (nSPS) is 18.9. The Morgan fingerprint density at radius 1 is 1.29 bits per heavy atom. The zero-order valence-electron chi connectivity index (χ0n) is 10.7. The molecule has 0 bridgehead atoms. The molecule has 1 aliphatic rings. The summed E-state index contributed by atoms with van der Waals surface area (Å²) < 4.78 is 0. The molecule has 17 heavy (non-hydrogen) atoms. The molecule has 1 N–H and O–H groups in total. The third kappa shape index (κ3) is 3.89. The lowest BCUT2D eigenvalue weighted by molar-refractivity contribution is -0.141. The first-order chi connectivity index (χ1) is 7.91. The molecule has 2 amide bonds. The van der Waals surface area contributed by atoms with Gasteiger partial charge in [-0.15, -0.1) is 0 Å². The number of piperazine rings is 1. The Labute approximate surface area is 102 Å². The van der Waals surface area contributed by atoms with E-state index in [0.29, 0.717) is 13.1 Å². The average molecular weight is 243 g/mol. The van der Waals surface area contributed by atoms with Crippen LogP contribution in [0.2, 0.25) is 0 Å². The number of nitrogens with zero attached hydrogens (tertiary/aromatic N) is 3. The van der Waals surface area contributed by atoms with Crippen molar-refractivity contribution in [3.05, 3.63) is 0 Å². The third-order valence-corrected chi connectivity index (χ3v) is 3.07. The summed E-state index contributed by atoms with van der Waals surface area (Å²) in [5.74, 6) is -1.40. The van der Waals surface area contributed by atoms with Crippen LogP contribution in [0.25, 0.3) is 0 Å². The number of hydrogen-bond donors (Lipinski definition) is 1. The minimum absolute atomic E-state index is 0.0776. The SMILES string of the molecule is CC(CN(C)C(=O)N1CCN(C)CC1)C(=O)O. The Balaban J connectivity index is 2.43. The summed E-state index contributed by atoms with van der Waals surface area (Å²) in [7, 11) is 3.68. The van der Waals surface area contributed by atoms with Crippen molar-refractivity contribution in [3.63, 3.8) is 0 Å². The van der Waals surface area contributed by atoms with E-state index in [9.17, 15) is 9.59 Å². The van der Waals surface area contributed by atoms with Crippen LogP contribution in [-0.2, 0) is 4.79 Å². The quantitative estimate of drug-likeness (QED) is 0.758. The maximum Gasteiger partial charge on any atom is 0.319 e. The molecule has 0 aromatic heterocycles. The van der Waals surface area contributed by atoms with Crippen LogP contribution < -0.4 is 0 Å². The summed E-state index contributed by atoms with van der Waals surface area (Å²) in [6.07, 6.45) is 0. The number of likely N-dealkylation sites (N-methyl/N-ethyl adjacent to an activating group) is 1. The molecule has 1 saturated heterocycles. The fourth-order valence-corrected chi connectivity index (χ4v) is 1.81. The molecule has 1 fully saturated rings. The van der Waals surface area contributed by atoms with Gasteiger partial charge in [-0.1, -0.05) is 6.92 Å². The number of aliphatic carboxylic acids is 1. The second kappa shape index (κ2) is 5.86. The Kier molecular flexibility index (Phi) is 4.74. The van der Waals surface area contributed by atoms with Gasteiger partial charge in [-0.2, -0.15) is 0 Å². The summed E-state index contributed by atoms with van der Waals surface area (Å²) in [4.78, 5) is 28.2. The topological polar surface area (TPSA) is 64.1 Å². The molecule has 0 aliphatic carbocycles. The number of carbonyl (C=O) groups is 2. The van der Waals surface area contributed by atoms with Crippen molar-refractivity contribution in [1.82, 2.24) is 14.7 Å². The molecule has 1 heterocycles. The lowest BCUT2D eigenvalue weighted by atomic mass is 10.2. The molecule has 0 spiro atoms. The summed E-state index contributed by atoms with van der Waals surface area (Å²) in [5.41, 5.74) is 0. The van der Waals surface area contributed by atoms with Gasteiger partial charge in [0.15, 0.2) is 0 Å². The van der Waals surface area contributed by atoms with Crippen LogP contribution in [0.4, 0.5) is 4.79 Å². The fraction of sp³-hybridized carbons (Fsp3) is 0.818. The van der Waals surface area contributed by atoms with Gasteiger partial charge in [-0.05, 0) is 7.05 Å². The Bertz CT molecular complexity index is 288. The standard InChI is InChI=1S/C11H21N3O3/c1-9(10(15)16)8-13(3)11(17)14-6-4-12(2)5-7-14/h9H,4-8H2,1-3H3,(H,15,16). The van der Waals surface area contributed by atoms with Gasteiger partial charge in [-0.25, -0.2) is 4.79 Å². The van der Waals surface area contributed by atoms with Crippen molar-refractivity contribution in [2.75, 3.05) is 46.8 Å². The van der Waals surface area contributed by atoms with Crippen molar-refractivity contribution in [3.8, 4) is 0 Å². The number of urea groups is 1. The minimum Gasteiger partial charge on any atom is -0.481 e.